The van der Waals surface area contributed by atoms with Gasteiger partial charge in [0.2, 0.25) is 0 Å². The normalized spacial score (nSPS) is 15.4. The number of anilines is 2. The molecule has 1 N–H and O–H groups in total. The summed E-state index contributed by atoms with van der Waals surface area (Å²) in [6.07, 6.45) is -4.65. The number of likely N-dealkylation sites (N-methyl/N-ethyl adjacent to an activating group) is 1. The molecule has 1 fully saturated rings. The van der Waals surface area contributed by atoms with Crippen molar-refractivity contribution in [3.8, 4) is 11.3 Å². The molecule has 2 aromatic heterocycles. The summed E-state index contributed by atoms with van der Waals surface area (Å²) in [6.45, 7) is 4.74. The quantitative estimate of drug-likeness (QED) is 0.581. The third-order valence-electron chi connectivity index (χ3n) is 5.65. The maximum absolute atomic E-state index is 13.6. The van der Waals surface area contributed by atoms with Crippen LogP contribution in [0.15, 0.2) is 59.6 Å². The van der Waals surface area contributed by atoms with Crippen LogP contribution in [0.25, 0.3) is 11.3 Å². The summed E-state index contributed by atoms with van der Waals surface area (Å²) in [4.78, 5) is 12.5. The van der Waals surface area contributed by atoms with E-state index >= 15 is 0 Å². The van der Waals surface area contributed by atoms with Gasteiger partial charge in [-0.2, -0.15) is 21.6 Å². The first-order valence-corrected chi connectivity index (χ1v) is 12.1. The fourth-order valence-corrected chi connectivity index (χ4v) is 4.71. The number of sulfonamides is 1. The molecule has 1 aromatic carbocycles. The summed E-state index contributed by atoms with van der Waals surface area (Å²) < 4.78 is 69.3. The number of nitrogens with zero attached hydrogens (tertiary/aromatic N) is 4. The molecule has 0 radical (unpaired) electrons. The van der Waals surface area contributed by atoms with E-state index in [2.05, 4.69) is 19.6 Å². The molecule has 0 saturated carbocycles. The molecule has 0 unspecified atom stereocenters. The van der Waals surface area contributed by atoms with Gasteiger partial charge in [0, 0.05) is 31.7 Å². The molecule has 0 aliphatic carbocycles. The largest absolute Gasteiger partial charge is 0.418 e. The van der Waals surface area contributed by atoms with E-state index in [4.69, 9.17) is 0 Å². The lowest BCUT2D eigenvalue weighted by Gasteiger charge is -2.33. The Kier molecular flexibility index (Phi) is 6.50. The average Bonchev–Trinajstić information content (AvgIpc) is 2.79. The maximum atomic E-state index is 13.6. The molecule has 1 aliphatic rings. The number of hydrogen-bond donors (Lipinski definition) is 1. The zero-order chi connectivity index (χ0) is 24.5. The van der Waals surface area contributed by atoms with Crippen LogP contribution in [0.4, 0.5) is 24.8 Å². The van der Waals surface area contributed by atoms with E-state index in [-0.39, 0.29) is 22.1 Å². The van der Waals surface area contributed by atoms with E-state index in [1.807, 2.05) is 11.9 Å². The van der Waals surface area contributed by atoms with Crippen LogP contribution >= 0.6 is 0 Å². The fraction of sp³-hybridized carbons (Fsp3) is 0.304. The molecule has 7 nitrogen and oxygen atoms in total. The van der Waals surface area contributed by atoms with Crippen molar-refractivity contribution in [2.75, 3.05) is 42.8 Å². The highest BCUT2D eigenvalue weighted by Gasteiger charge is 2.35. The number of piperazine rings is 1. The second-order valence-corrected chi connectivity index (χ2v) is 9.76. The van der Waals surface area contributed by atoms with Gasteiger partial charge in [-0.15, -0.1) is 0 Å². The van der Waals surface area contributed by atoms with Gasteiger partial charge in [0.1, 0.15) is 11.6 Å². The van der Waals surface area contributed by atoms with Crippen LogP contribution in [-0.4, -0.2) is 56.5 Å². The van der Waals surface area contributed by atoms with Crippen molar-refractivity contribution in [2.24, 2.45) is 0 Å². The number of rotatable bonds is 5. The first-order chi connectivity index (χ1) is 16.0. The van der Waals surface area contributed by atoms with Gasteiger partial charge in [-0.25, -0.2) is 9.97 Å². The van der Waals surface area contributed by atoms with Gasteiger partial charge in [-0.1, -0.05) is 30.3 Å². The summed E-state index contributed by atoms with van der Waals surface area (Å²) in [7, 11) is -2.17. The Bertz CT molecular complexity index is 1290. The monoisotopic (exact) mass is 491 g/mol. The molecule has 34 heavy (non-hydrogen) atoms. The minimum Gasteiger partial charge on any atom is -0.354 e. The standard InChI is InChI=1S/C23H24F3N5O2S/c1-16-6-3-4-7-17(16)22-18(23(24,25)26)10-11-19(27-22)29-34(32,33)21-9-5-8-20(28-21)31-14-12-30(2)13-15-31/h3-11H,12-15H2,1-2H3,(H,27,29). The smallest absolute Gasteiger partial charge is 0.354 e. The van der Waals surface area contributed by atoms with E-state index < -0.39 is 21.8 Å². The van der Waals surface area contributed by atoms with E-state index in [9.17, 15) is 21.6 Å². The Morgan fingerprint density at radius 2 is 1.62 bits per heavy atom. The summed E-state index contributed by atoms with van der Waals surface area (Å²) >= 11 is 0. The van der Waals surface area contributed by atoms with E-state index in [0.29, 0.717) is 24.5 Å². The van der Waals surface area contributed by atoms with Crippen molar-refractivity contribution in [2.45, 2.75) is 18.1 Å². The molecular weight excluding hydrogens is 467 g/mol. The van der Waals surface area contributed by atoms with Crippen LogP contribution in [0.1, 0.15) is 11.1 Å². The lowest BCUT2D eigenvalue weighted by Crippen LogP contribution is -2.44. The Hall–Kier alpha value is -3.18. The number of aromatic nitrogens is 2. The van der Waals surface area contributed by atoms with Crippen LogP contribution in [0.5, 0.6) is 0 Å². The predicted octanol–water partition coefficient (Wildman–Crippen LogP) is 4.02. The Balaban J connectivity index is 1.67. The minimum atomic E-state index is -4.65. The van der Waals surface area contributed by atoms with E-state index in [0.717, 1.165) is 25.2 Å². The van der Waals surface area contributed by atoms with Crippen LogP contribution in [0.3, 0.4) is 0 Å². The number of halogens is 3. The van der Waals surface area contributed by atoms with Gasteiger partial charge >= 0.3 is 6.18 Å². The molecule has 0 atom stereocenters. The Morgan fingerprint density at radius 1 is 0.912 bits per heavy atom. The molecule has 3 heterocycles. The second kappa shape index (κ2) is 9.22. The summed E-state index contributed by atoms with van der Waals surface area (Å²) in [5.41, 5.74) is -0.432. The van der Waals surface area contributed by atoms with Crippen LogP contribution in [0, 0.1) is 6.92 Å². The second-order valence-electron chi connectivity index (χ2n) is 8.14. The first-order valence-electron chi connectivity index (χ1n) is 10.6. The Morgan fingerprint density at radius 3 is 2.29 bits per heavy atom. The summed E-state index contributed by atoms with van der Waals surface area (Å²) in [5.74, 6) is 0.301. The Labute approximate surface area is 196 Å². The van der Waals surface area contributed by atoms with Gasteiger partial charge in [-0.05, 0) is 43.8 Å². The van der Waals surface area contributed by atoms with Crippen molar-refractivity contribution < 1.29 is 21.6 Å². The maximum Gasteiger partial charge on any atom is 0.418 e. The third-order valence-corrected chi connectivity index (χ3v) is 6.91. The van der Waals surface area contributed by atoms with E-state index in [1.54, 1.807) is 37.3 Å². The van der Waals surface area contributed by atoms with Gasteiger partial charge in [0.05, 0.1) is 11.3 Å². The summed E-state index contributed by atoms with van der Waals surface area (Å²) in [6, 6.07) is 13.0. The molecule has 0 spiro atoms. The molecular formula is C23H24F3N5O2S. The number of nitrogens with one attached hydrogen (secondary N) is 1. The molecule has 1 saturated heterocycles. The van der Waals surface area contributed by atoms with Crippen molar-refractivity contribution in [3.05, 3.63) is 65.7 Å². The van der Waals surface area contributed by atoms with Crippen LogP contribution < -0.4 is 9.62 Å². The number of benzene rings is 1. The minimum absolute atomic E-state index is 0.224. The zero-order valence-corrected chi connectivity index (χ0v) is 19.5. The number of alkyl halides is 3. The predicted molar refractivity (Wildman–Crippen MR) is 124 cm³/mol. The number of pyridine rings is 2. The van der Waals surface area contributed by atoms with Gasteiger partial charge in [0.15, 0.2) is 5.03 Å². The van der Waals surface area contributed by atoms with Gasteiger partial charge < -0.3 is 9.80 Å². The van der Waals surface area contributed by atoms with Crippen molar-refractivity contribution in [1.29, 1.82) is 0 Å². The third kappa shape index (κ3) is 5.15. The highest BCUT2D eigenvalue weighted by Crippen LogP contribution is 2.38. The molecule has 3 aromatic rings. The first kappa shape index (κ1) is 24.0. The lowest BCUT2D eigenvalue weighted by molar-refractivity contribution is -0.137. The van der Waals surface area contributed by atoms with E-state index in [1.165, 1.54) is 12.1 Å². The molecule has 11 heteroatoms. The topological polar surface area (TPSA) is 78.4 Å². The number of aryl methyl sites for hydroxylation is 1. The van der Waals surface area contributed by atoms with Crippen LogP contribution in [-0.2, 0) is 16.2 Å². The molecule has 0 bridgehead atoms. The fourth-order valence-electron chi connectivity index (χ4n) is 3.74. The molecule has 1 aliphatic heterocycles. The SMILES string of the molecule is Cc1ccccc1-c1nc(NS(=O)(=O)c2cccc(N3CCN(C)CC3)n2)ccc1C(F)(F)F. The zero-order valence-electron chi connectivity index (χ0n) is 18.7. The van der Waals surface area contributed by atoms with Crippen molar-refractivity contribution in [3.63, 3.8) is 0 Å². The summed E-state index contributed by atoms with van der Waals surface area (Å²) in [5, 5.41) is -0.233. The highest BCUT2D eigenvalue weighted by atomic mass is 32.2. The molecule has 180 valence electrons. The highest BCUT2D eigenvalue weighted by molar-refractivity contribution is 7.92. The van der Waals surface area contributed by atoms with Crippen molar-refractivity contribution in [1.82, 2.24) is 14.9 Å². The molecule has 0 amide bonds. The van der Waals surface area contributed by atoms with Gasteiger partial charge in [-0.3, -0.25) is 4.72 Å². The molecule has 4 rings (SSSR count). The number of hydrogen-bond acceptors (Lipinski definition) is 6. The van der Waals surface area contributed by atoms with Gasteiger partial charge in [0.25, 0.3) is 10.0 Å². The van der Waals surface area contributed by atoms with Crippen LogP contribution in [0.2, 0.25) is 0 Å². The average molecular weight is 492 g/mol. The lowest BCUT2D eigenvalue weighted by atomic mass is 10.0. The van der Waals surface area contributed by atoms with Crippen molar-refractivity contribution >= 4 is 21.7 Å².